The molecule has 0 atom stereocenters. The number of nitrogens with one attached hydrogen (secondary N) is 3. The Hall–Kier alpha value is -4.75. The Balaban J connectivity index is 1.29. The van der Waals surface area contributed by atoms with Gasteiger partial charge in [0.2, 0.25) is 5.91 Å². The number of hydrogen-bond acceptors (Lipinski definition) is 8. The molecule has 11 nitrogen and oxygen atoms in total. The van der Waals surface area contributed by atoms with Gasteiger partial charge in [0.05, 0.1) is 11.1 Å². The zero-order chi connectivity index (χ0) is 28.7. The summed E-state index contributed by atoms with van der Waals surface area (Å²) in [6, 6.07) is 18.4. The second-order valence-electron chi connectivity index (χ2n) is 8.30. The minimum atomic E-state index is -3.87. The molecule has 0 radical (unpaired) electrons. The SMILES string of the molecule is Cc1cc(NS(=O)(=O)c2ccc(NC(=O)/C=C/c3ccc(C(=O)N/N=C/c4cc(Br)ccc4O)cc3)cc2)no1. The summed E-state index contributed by atoms with van der Waals surface area (Å²) in [7, 11) is -3.87. The third-order valence-electron chi connectivity index (χ3n) is 5.26. The Morgan fingerprint density at radius 3 is 2.42 bits per heavy atom. The van der Waals surface area contributed by atoms with Gasteiger partial charge in [-0.1, -0.05) is 33.2 Å². The lowest BCUT2D eigenvalue weighted by molar-refractivity contribution is -0.111. The number of phenols is 1. The van der Waals surface area contributed by atoms with Crippen LogP contribution in [0.3, 0.4) is 0 Å². The number of anilines is 2. The number of carbonyl (C=O) groups excluding carboxylic acids is 2. The maximum Gasteiger partial charge on any atom is 0.271 e. The van der Waals surface area contributed by atoms with Crippen LogP contribution in [0.2, 0.25) is 0 Å². The number of sulfonamides is 1. The van der Waals surface area contributed by atoms with E-state index in [0.29, 0.717) is 28.1 Å². The van der Waals surface area contributed by atoms with Crippen LogP contribution in [0, 0.1) is 6.92 Å². The van der Waals surface area contributed by atoms with Gasteiger partial charge in [0.1, 0.15) is 11.5 Å². The zero-order valence-corrected chi connectivity index (χ0v) is 23.2. The molecule has 0 saturated heterocycles. The van der Waals surface area contributed by atoms with E-state index in [2.05, 4.69) is 41.7 Å². The molecule has 4 rings (SSSR count). The van der Waals surface area contributed by atoms with Crippen LogP contribution in [0.4, 0.5) is 11.5 Å². The summed E-state index contributed by atoms with van der Waals surface area (Å²) >= 11 is 3.30. The lowest BCUT2D eigenvalue weighted by Gasteiger charge is -2.07. The molecule has 0 bridgehead atoms. The van der Waals surface area contributed by atoms with Gasteiger partial charge in [0, 0.05) is 33.4 Å². The Labute approximate surface area is 237 Å². The lowest BCUT2D eigenvalue weighted by atomic mass is 10.1. The molecule has 0 aliphatic carbocycles. The fraction of sp³-hybridized carbons (Fsp3) is 0.0370. The maximum atomic E-state index is 12.5. The van der Waals surface area contributed by atoms with Crippen molar-refractivity contribution in [3.8, 4) is 5.75 Å². The molecule has 0 saturated carbocycles. The number of aromatic hydroxyl groups is 1. The number of benzene rings is 3. The molecule has 4 N–H and O–H groups in total. The highest BCUT2D eigenvalue weighted by molar-refractivity contribution is 9.10. The molecule has 4 aromatic rings. The predicted octanol–water partition coefficient (Wildman–Crippen LogP) is 4.67. The maximum absolute atomic E-state index is 12.5. The summed E-state index contributed by atoms with van der Waals surface area (Å²) in [6.45, 7) is 1.64. The molecule has 0 spiro atoms. The highest BCUT2D eigenvalue weighted by Gasteiger charge is 2.16. The largest absolute Gasteiger partial charge is 0.507 e. The van der Waals surface area contributed by atoms with Crippen LogP contribution in [-0.4, -0.2) is 36.7 Å². The van der Waals surface area contributed by atoms with Crippen LogP contribution in [0.1, 0.15) is 27.2 Å². The van der Waals surface area contributed by atoms with Crippen molar-refractivity contribution < 1.29 is 27.6 Å². The number of rotatable bonds is 9. The number of carbonyl (C=O) groups is 2. The van der Waals surface area contributed by atoms with Gasteiger partial charge in [-0.05, 0) is 73.2 Å². The molecular weight excluding hydrogens is 602 g/mol. The van der Waals surface area contributed by atoms with Crippen molar-refractivity contribution in [2.75, 3.05) is 10.0 Å². The van der Waals surface area contributed by atoms with Gasteiger partial charge in [-0.25, -0.2) is 13.8 Å². The molecule has 0 fully saturated rings. The van der Waals surface area contributed by atoms with E-state index in [4.69, 9.17) is 4.52 Å². The van der Waals surface area contributed by atoms with Crippen molar-refractivity contribution in [2.45, 2.75) is 11.8 Å². The number of amides is 2. The van der Waals surface area contributed by atoms with Crippen LogP contribution in [0.15, 0.2) is 97.9 Å². The second kappa shape index (κ2) is 12.4. The smallest absolute Gasteiger partial charge is 0.271 e. The van der Waals surface area contributed by atoms with Gasteiger partial charge >= 0.3 is 0 Å². The van der Waals surface area contributed by atoms with E-state index in [0.717, 1.165) is 4.47 Å². The van der Waals surface area contributed by atoms with E-state index in [1.54, 1.807) is 49.4 Å². The molecular formula is C27H22BrN5O6S. The summed E-state index contributed by atoms with van der Waals surface area (Å²) in [6.07, 6.45) is 4.20. The third kappa shape index (κ3) is 7.65. The van der Waals surface area contributed by atoms with Gasteiger partial charge in [0.25, 0.3) is 15.9 Å². The van der Waals surface area contributed by atoms with E-state index in [9.17, 15) is 23.1 Å². The van der Waals surface area contributed by atoms with Crippen molar-refractivity contribution in [1.29, 1.82) is 0 Å². The molecule has 0 unspecified atom stereocenters. The number of aryl methyl sites for hydroxylation is 1. The Bertz CT molecular complexity index is 1700. The van der Waals surface area contributed by atoms with E-state index in [1.807, 2.05) is 0 Å². The highest BCUT2D eigenvalue weighted by Crippen LogP contribution is 2.20. The molecule has 13 heteroatoms. The average molecular weight is 624 g/mol. The number of aromatic nitrogens is 1. The minimum absolute atomic E-state index is 0.0113. The zero-order valence-electron chi connectivity index (χ0n) is 20.8. The number of hydrogen-bond donors (Lipinski definition) is 4. The lowest BCUT2D eigenvalue weighted by Crippen LogP contribution is -2.17. The number of halogens is 1. The monoisotopic (exact) mass is 623 g/mol. The summed E-state index contributed by atoms with van der Waals surface area (Å²) in [5, 5.41) is 19.9. The number of nitrogens with zero attached hydrogens (tertiary/aromatic N) is 2. The number of phenolic OH excluding ortho intramolecular Hbond substituents is 1. The third-order valence-corrected chi connectivity index (χ3v) is 7.12. The quantitative estimate of drug-likeness (QED) is 0.120. The first-order chi connectivity index (χ1) is 19.1. The Kier molecular flexibility index (Phi) is 8.76. The van der Waals surface area contributed by atoms with Crippen LogP contribution in [-0.2, 0) is 14.8 Å². The molecule has 2 amide bonds. The topological polar surface area (TPSA) is 163 Å². The number of hydrazone groups is 1. The second-order valence-corrected chi connectivity index (χ2v) is 10.9. The summed E-state index contributed by atoms with van der Waals surface area (Å²) in [5.41, 5.74) is 4.24. The summed E-state index contributed by atoms with van der Waals surface area (Å²) in [5.74, 6) is -0.321. The van der Waals surface area contributed by atoms with E-state index < -0.39 is 21.8 Å². The van der Waals surface area contributed by atoms with Crippen molar-refractivity contribution in [3.63, 3.8) is 0 Å². The Morgan fingerprint density at radius 1 is 1.02 bits per heavy atom. The normalized spacial score (nSPS) is 11.6. The van der Waals surface area contributed by atoms with Crippen molar-refractivity contribution in [1.82, 2.24) is 10.6 Å². The average Bonchev–Trinajstić information content (AvgIpc) is 3.33. The molecule has 3 aromatic carbocycles. The fourth-order valence-corrected chi connectivity index (χ4v) is 4.65. The van der Waals surface area contributed by atoms with Gasteiger partial charge in [-0.15, -0.1) is 0 Å². The van der Waals surface area contributed by atoms with E-state index in [-0.39, 0.29) is 16.5 Å². The van der Waals surface area contributed by atoms with Crippen LogP contribution >= 0.6 is 15.9 Å². The van der Waals surface area contributed by atoms with Crippen LogP contribution in [0.5, 0.6) is 5.75 Å². The van der Waals surface area contributed by atoms with Gasteiger partial charge in [0.15, 0.2) is 5.82 Å². The first-order valence-electron chi connectivity index (χ1n) is 11.6. The predicted molar refractivity (Wildman–Crippen MR) is 153 cm³/mol. The van der Waals surface area contributed by atoms with Gasteiger partial charge in [-0.3, -0.25) is 14.3 Å². The molecule has 0 aliphatic rings. The standard InChI is InChI=1S/C27H22BrN5O6S/c1-17-14-25(32-39-17)33-40(37,38)23-10-8-22(9-11-23)30-26(35)13-4-18-2-5-19(6-3-18)27(36)31-29-16-20-15-21(28)7-12-24(20)34/h2-16,34H,1H3,(H,30,35)(H,31,36)(H,32,33)/b13-4+,29-16+. The summed E-state index contributed by atoms with van der Waals surface area (Å²) < 4.78 is 32.9. The highest BCUT2D eigenvalue weighted by atomic mass is 79.9. The van der Waals surface area contributed by atoms with E-state index >= 15 is 0 Å². The van der Waals surface area contributed by atoms with Crippen molar-refractivity contribution >= 4 is 61.6 Å². The summed E-state index contributed by atoms with van der Waals surface area (Å²) in [4.78, 5) is 24.6. The Morgan fingerprint density at radius 2 is 1.75 bits per heavy atom. The first-order valence-corrected chi connectivity index (χ1v) is 13.8. The van der Waals surface area contributed by atoms with E-state index in [1.165, 1.54) is 48.7 Å². The molecule has 1 aromatic heterocycles. The molecule has 40 heavy (non-hydrogen) atoms. The van der Waals surface area contributed by atoms with Crippen molar-refractivity contribution in [2.24, 2.45) is 5.10 Å². The van der Waals surface area contributed by atoms with Crippen molar-refractivity contribution in [3.05, 3.63) is 106 Å². The van der Waals surface area contributed by atoms with Crippen LogP contribution < -0.4 is 15.5 Å². The van der Waals surface area contributed by atoms with Gasteiger partial charge in [-0.2, -0.15) is 5.10 Å². The molecule has 0 aliphatic heterocycles. The van der Waals surface area contributed by atoms with Gasteiger partial charge < -0.3 is 14.9 Å². The van der Waals surface area contributed by atoms with Crippen LogP contribution in [0.25, 0.3) is 6.08 Å². The molecule has 204 valence electrons. The first kappa shape index (κ1) is 28.3. The molecule has 1 heterocycles. The minimum Gasteiger partial charge on any atom is -0.507 e. The fourth-order valence-electron chi connectivity index (χ4n) is 3.28.